The summed E-state index contributed by atoms with van der Waals surface area (Å²) in [5, 5.41) is 8.04. The van der Waals surface area contributed by atoms with Crippen LogP contribution in [-0.4, -0.2) is 50.5 Å². The van der Waals surface area contributed by atoms with Crippen molar-refractivity contribution in [3.8, 4) is 0 Å². The molecule has 0 radical (unpaired) electrons. The van der Waals surface area contributed by atoms with Crippen molar-refractivity contribution in [2.75, 3.05) is 19.6 Å². The van der Waals surface area contributed by atoms with E-state index in [0.29, 0.717) is 31.3 Å². The molecular formula is C18H25N5O2. The number of nitrogens with zero attached hydrogens (tertiary/aromatic N) is 5. The highest BCUT2D eigenvalue weighted by Gasteiger charge is 2.33. The number of hydrogen-bond acceptors (Lipinski definition) is 6. The topological polar surface area (TPSA) is 75.4 Å². The summed E-state index contributed by atoms with van der Waals surface area (Å²) in [6.45, 7) is 6.73. The second-order valence-electron chi connectivity index (χ2n) is 6.23. The van der Waals surface area contributed by atoms with Crippen molar-refractivity contribution in [3.63, 3.8) is 0 Å². The SMILES string of the molecule is CCc1nnc(CN(CC)C(=O)[C@H](c2cccnc2)N2CCCC2)o1. The summed E-state index contributed by atoms with van der Waals surface area (Å²) in [6, 6.07) is 3.56. The van der Waals surface area contributed by atoms with Gasteiger partial charge in [-0.15, -0.1) is 10.2 Å². The van der Waals surface area contributed by atoms with Gasteiger partial charge in [0.1, 0.15) is 6.04 Å². The zero-order valence-electron chi connectivity index (χ0n) is 14.9. The minimum Gasteiger partial charge on any atom is -0.423 e. The predicted molar refractivity (Wildman–Crippen MR) is 92.6 cm³/mol. The molecule has 0 saturated carbocycles. The third-order valence-electron chi connectivity index (χ3n) is 4.57. The summed E-state index contributed by atoms with van der Waals surface area (Å²) in [5.74, 6) is 1.15. The maximum Gasteiger partial charge on any atom is 0.245 e. The molecule has 0 aromatic carbocycles. The van der Waals surface area contributed by atoms with E-state index >= 15 is 0 Å². The molecule has 134 valence electrons. The van der Waals surface area contributed by atoms with Crippen LogP contribution in [0.1, 0.15) is 50.1 Å². The molecule has 1 saturated heterocycles. The number of amides is 1. The second-order valence-corrected chi connectivity index (χ2v) is 6.23. The van der Waals surface area contributed by atoms with Crippen LogP contribution in [0.5, 0.6) is 0 Å². The molecular weight excluding hydrogens is 318 g/mol. The monoisotopic (exact) mass is 343 g/mol. The van der Waals surface area contributed by atoms with Gasteiger partial charge in [-0.05, 0) is 44.5 Å². The Balaban J connectivity index is 1.81. The summed E-state index contributed by atoms with van der Waals surface area (Å²) in [7, 11) is 0. The number of likely N-dealkylation sites (tertiary alicyclic amines) is 1. The number of aryl methyl sites for hydroxylation is 1. The maximum atomic E-state index is 13.3. The van der Waals surface area contributed by atoms with Gasteiger partial charge in [0.25, 0.3) is 0 Å². The van der Waals surface area contributed by atoms with E-state index in [9.17, 15) is 4.79 Å². The van der Waals surface area contributed by atoms with E-state index in [-0.39, 0.29) is 11.9 Å². The van der Waals surface area contributed by atoms with Crippen LogP contribution < -0.4 is 0 Å². The van der Waals surface area contributed by atoms with E-state index in [4.69, 9.17) is 4.42 Å². The average molecular weight is 343 g/mol. The van der Waals surface area contributed by atoms with Gasteiger partial charge in [-0.2, -0.15) is 0 Å². The summed E-state index contributed by atoms with van der Waals surface area (Å²) in [6.07, 6.45) is 6.46. The molecule has 2 aromatic rings. The van der Waals surface area contributed by atoms with Gasteiger partial charge in [0, 0.05) is 25.4 Å². The molecule has 7 nitrogen and oxygen atoms in total. The maximum absolute atomic E-state index is 13.3. The first kappa shape index (κ1) is 17.5. The molecule has 2 aromatic heterocycles. The highest BCUT2D eigenvalue weighted by atomic mass is 16.4. The van der Waals surface area contributed by atoms with Crippen LogP contribution in [0.25, 0.3) is 0 Å². The lowest BCUT2D eigenvalue weighted by atomic mass is 10.1. The van der Waals surface area contributed by atoms with E-state index in [1.54, 1.807) is 17.3 Å². The fourth-order valence-electron chi connectivity index (χ4n) is 3.22. The van der Waals surface area contributed by atoms with Crippen LogP contribution in [0.3, 0.4) is 0 Å². The molecule has 0 N–H and O–H groups in total. The molecule has 0 aliphatic carbocycles. The molecule has 1 fully saturated rings. The first-order chi connectivity index (χ1) is 12.2. The fraction of sp³-hybridized carbons (Fsp3) is 0.556. The molecule has 0 unspecified atom stereocenters. The van der Waals surface area contributed by atoms with E-state index in [1.165, 1.54) is 0 Å². The van der Waals surface area contributed by atoms with Gasteiger partial charge in [0.15, 0.2) is 0 Å². The highest BCUT2D eigenvalue weighted by Crippen LogP contribution is 2.27. The van der Waals surface area contributed by atoms with Gasteiger partial charge >= 0.3 is 0 Å². The molecule has 3 heterocycles. The zero-order valence-corrected chi connectivity index (χ0v) is 14.9. The van der Waals surface area contributed by atoms with Gasteiger partial charge in [0.05, 0.1) is 6.54 Å². The Morgan fingerprint density at radius 1 is 1.28 bits per heavy atom. The number of carbonyl (C=O) groups excluding carboxylic acids is 1. The fourth-order valence-corrected chi connectivity index (χ4v) is 3.22. The van der Waals surface area contributed by atoms with Gasteiger partial charge in [-0.25, -0.2) is 0 Å². The van der Waals surface area contributed by atoms with Crippen molar-refractivity contribution in [2.24, 2.45) is 0 Å². The molecule has 25 heavy (non-hydrogen) atoms. The third-order valence-corrected chi connectivity index (χ3v) is 4.57. The van der Waals surface area contributed by atoms with Crippen LogP contribution in [0.15, 0.2) is 28.9 Å². The van der Waals surface area contributed by atoms with E-state index < -0.39 is 0 Å². The third kappa shape index (κ3) is 4.04. The second kappa shape index (κ2) is 8.20. The Labute approximate surface area is 148 Å². The average Bonchev–Trinajstić information content (AvgIpc) is 3.32. The van der Waals surface area contributed by atoms with E-state index in [0.717, 1.165) is 31.5 Å². The van der Waals surface area contributed by atoms with Gasteiger partial charge in [-0.3, -0.25) is 14.7 Å². The number of carbonyl (C=O) groups is 1. The van der Waals surface area contributed by atoms with Crippen LogP contribution in [0.2, 0.25) is 0 Å². The van der Waals surface area contributed by atoms with Crippen LogP contribution in [0.4, 0.5) is 0 Å². The quantitative estimate of drug-likeness (QED) is 0.767. The highest BCUT2D eigenvalue weighted by molar-refractivity contribution is 5.83. The molecule has 3 rings (SSSR count). The van der Waals surface area contributed by atoms with Crippen molar-refractivity contribution < 1.29 is 9.21 Å². The van der Waals surface area contributed by atoms with Gasteiger partial charge < -0.3 is 9.32 Å². The number of rotatable bonds is 7. The minimum absolute atomic E-state index is 0.0636. The Bertz CT molecular complexity index is 682. The molecule has 1 atom stereocenters. The van der Waals surface area contributed by atoms with Crippen molar-refractivity contribution >= 4 is 5.91 Å². The number of likely N-dealkylation sites (N-methyl/N-ethyl adjacent to an activating group) is 1. The van der Waals surface area contributed by atoms with Crippen molar-refractivity contribution in [2.45, 2.75) is 45.7 Å². The molecule has 1 aliphatic heterocycles. The van der Waals surface area contributed by atoms with Crippen molar-refractivity contribution in [1.29, 1.82) is 0 Å². The molecule has 1 aliphatic rings. The van der Waals surface area contributed by atoms with Gasteiger partial charge in [-0.1, -0.05) is 13.0 Å². The lowest BCUT2D eigenvalue weighted by Gasteiger charge is -2.31. The Kier molecular flexibility index (Phi) is 5.75. The summed E-state index contributed by atoms with van der Waals surface area (Å²) >= 11 is 0. The van der Waals surface area contributed by atoms with E-state index in [1.807, 2.05) is 26.0 Å². The zero-order chi connectivity index (χ0) is 17.6. The van der Waals surface area contributed by atoms with Crippen LogP contribution in [0, 0.1) is 0 Å². The van der Waals surface area contributed by atoms with Crippen LogP contribution >= 0.6 is 0 Å². The van der Waals surface area contributed by atoms with Crippen molar-refractivity contribution in [1.82, 2.24) is 25.0 Å². The van der Waals surface area contributed by atoms with Gasteiger partial charge in [0.2, 0.25) is 17.7 Å². The summed E-state index contributed by atoms with van der Waals surface area (Å²) in [4.78, 5) is 21.5. The number of aromatic nitrogens is 3. The smallest absolute Gasteiger partial charge is 0.245 e. The van der Waals surface area contributed by atoms with E-state index in [2.05, 4.69) is 20.1 Å². The minimum atomic E-state index is -0.301. The Morgan fingerprint density at radius 2 is 2.04 bits per heavy atom. The summed E-state index contributed by atoms with van der Waals surface area (Å²) < 4.78 is 5.58. The Hall–Kier alpha value is -2.28. The number of pyridine rings is 1. The lowest BCUT2D eigenvalue weighted by molar-refractivity contribution is -0.137. The first-order valence-corrected chi connectivity index (χ1v) is 8.97. The summed E-state index contributed by atoms with van der Waals surface area (Å²) in [5.41, 5.74) is 0.938. The normalized spacial score (nSPS) is 16.1. The Morgan fingerprint density at radius 3 is 2.64 bits per heavy atom. The number of hydrogen-bond donors (Lipinski definition) is 0. The van der Waals surface area contributed by atoms with Crippen LogP contribution in [-0.2, 0) is 17.8 Å². The van der Waals surface area contributed by atoms with Crippen molar-refractivity contribution in [3.05, 3.63) is 41.9 Å². The molecule has 7 heteroatoms. The largest absolute Gasteiger partial charge is 0.423 e. The molecule has 0 spiro atoms. The standard InChI is InChI=1S/C18H25N5O2/c1-3-15-20-21-16(25-15)13-22(4-2)18(24)17(23-10-5-6-11-23)14-8-7-9-19-12-14/h7-9,12,17H,3-6,10-11,13H2,1-2H3/t17-/m0/s1. The predicted octanol–water partition coefficient (Wildman–Crippen LogP) is 2.21. The molecule has 1 amide bonds. The molecule has 0 bridgehead atoms. The lowest BCUT2D eigenvalue weighted by Crippen LogP contribution is -2.42. The first-order valence-electron chi connectivity index (χ1n) is 8.97.